The summed E-state index contributed by atoms with van der Waals surface area (Å²) in [5.41, 5.74) is 1.27. The van der Waals surface area contributed by atoms with Gasteiger partial charge in [-0.15, -0.1) is 0 Å². The van der Waals surface area contributed by atoms with Crippen molar-refractivity contribution in [3.8, 4) is 5.69 Å². The van der Waals surface area contributed by atoms with Crippen LogP contribution in [0, 0.1) is 6.92 Å². The lowest BCUT2D eigenvalue weighted by atomic mass is 10.2. The molecule has 0 saturated heterocycles. The van der Waals surface area contributed by atoms with Crippen molar-refractivity contribution in [2.24, 2.45) is 0 Å². The summed E-state index contributed by atoms with van der Waals surface area (Å²) in [6.45, 7) is 3.15. The smallest absolute Gasteiger partial charge is 0.303 e. The van der Waals surface area contributed by atoms with E-state index < -0.39 is 0 Å². The molecular weight excluding hydrogens is 206 g/mol. The second-order valence-corrected chi connectivity index (χ2v) is 3.49. The van der Waals surface area contributed by atoms with Crippen LogP contribution >= 0.6 is 0 Å². The van der Waals surface area contributed by atoms with Gasteiger partial charge in [-0.25, -0.2) is 4.79 Å². The monoisotopic (exact) mass is 217 g/mol. The molecule has 5 heteroatoms. The Balaban J connectivity index is 2.68. The fourth-order valence-corrected chi connectivity index (χ4v) is 1.66. The van der Waals surface area contributed by atoms with E-state index in [0.29, 0.717) is 17.1 Å². The minimum absolute atomic E-state index is 0.155. The van der Waals surface area contributed by atoms with E-state index >= 15 is 0 Å². The molecule has 0 amide bonds. The van der Waals surface area contributed by atoms with Crippen LogP contribution in [0.2, 0.25) is 0 Å². The van der Waals surface area contributed by atoms with Crippen LogP contribution in [-0.4, -0.2) is 20.3 Å². The molecule has 0 aliphatic carbocycles. The zero-order valence-corrected chi connectivity index (χ0v) is 9.02. The summed E-state index contributed by atoms with van der Waals surface area (Å²) in [5.74, 6) is -0.155. The Kier molecular flexibility index (Phi) is 2.44. The number of Topliss-reactive ketones (excluding diaryl/α,β-unsaturated/α-hetero) is 1. The van der Waals surface area contributed by atoms with Crippen LogP contribution in [0.25, 0.3) is 5.69 Å². The highest BCUT2D eigenvalue weighted by Gasteiger charge is 2.14. The van der Waals surface area contributed by atoms with Crippen LogP contribution in [0.4, 0.5) is 0 Å². The third kappa shape index (κ3) is 1.56. The van der Waals surface area contributed by atoms with E-state index in [2.05, 4.69) is 9.97 Å². The molecular formula is C11H11N3O2. The van der Waals surface area contributed by atoms with E-state index in [1.807, 2.05) is 0 Å². The number of nitrogens with one attached hydrogen (secondary N) is 1. The molecule has 5 nitrogen and oxygen atoms in total. The molecule has 0 spiro atoms. The van der Waals surface area contributed by atoms with Crippen LogP contribution in [0.3, 0.4) is 0 Å². The molecule has 2 heterocycles. The number of carbonyl (C=O) groups excluding carboxylic acids is 1. The Bertz CT molecular complexity index is 581. The quantitative estimate of drug-likeness (QED) is 0.765. The Morgan fingerprint density at radius 2 is 2.25 bits per heavy atom. The highest BCUT2D eigenvalue weighted by molar-refractivity contribution is 5.93. The van der Waals surface area contributed by atoms with Crippen LogP contribution < -0.4 is 5.69 Å². The van der Waals surface area contributed by atoms with Gasteiger partial charge in [0.1, 0.15) is 5.69 Å². The topological polar surface area (TPSA) is 67.8 Å². The number of pyridine rings is 1. The molecule has 2 aromatic rings. The summed E-state index contributed by atoms with van der Waals surface area (Å²) in [6.07, 6.45) is 3.20. The molecule has 1 N–H and O–H groups in total. The summed E-state index contributed by atoms with van der Waals surface area (Å²) in [5, 5.41) is 0. The number of hydrogen-bond acceptors (Lipinski definition) is 3. The third-order valence-electron chi connectivity index (χ3n) is 2.39. The van der Waals surface area contributed by atoms with Gasteiger partial charge in [0.2, 0.25) is 0 Å². The summed E-state index contributed by atoms with van der Waals surface area (Å²) in [7, 11) is 0. The predicted molar refractivity (Wildman–Crippen MR) is 58.9 cm³/mol. The Hall–Kier alpha value is -2.17. The van der Waals surface area contributed by atoms with Crippen molar-refractivity contribution in [1.29, 1.82) is 0 Å². The number of aromatic amines is 1. The molecule has 0 fully saturated rings. The van der Waals surface area contributed by atoms with Gasteiger partial charge in [-0.05, 0) is 19.1 Å². The number of hydrogen-bond donors (Lipinski definition) is 1. The van der Waals surface area contributed by atoms with E-state index in [9.17, 15) is 9.59 Å². The van der Waals surface area contributed by atoms with E-state index in [1.165, 1.54) is 11.5 Å². The number of carbonyl (C=O) groups is 1. The number of rotatable bonds is 2. The number of imidazole rings is 1. The van der Waals surface area contributed by atoms with Crippen molar-refractivity contribution < 1.29 is 4.79 Å². The first-order chi connectivity index (χ1) is 7.61. The van der Waals surface area contributed by atoms with Crippen molar-refractivity contribution in [2.75, 3.05) is 0 Å². The molecule has 2 rings (SSSR count). The van der Waals surface area contributed by atoms with Gasteiger partial charge in [-0.2, -0.15) is 0 Å². The van der Waals surface area contributed by atoms with Gasteiger partial charge in [0.15, 0.2) is 5.78 Å². The molecule has 0 atom stereocenters. The highest BCUT2D eigenvalue weighted by atomic mass is 16.2. The van der Waals surface area contributed by atoms with Crippen molar-refractivity contribution in [3.63, 3.8) is 0 Å². The van der Waals surface area contributed by atoms with Crippen molar-refractivity contribution in [1.82, 2.24) is 14.5 Å². The van der Waals surface area contributed by atoms with E-state index in [4.69, 9.17) is 0 Å². The fraction of sp³-hybridized carbons (Fsp3) is 0.182. The summed E-state index contributed by atoms with van der Waals surface area (Å²) < 4.78 is 1.43. The van der Waals surface area contributed by atoms with Gasteiger partial charge in [0.25, 0.3) is 0 Å². The van der Waals surface area contributed by atoms with Crippen molar-refractivity contribution in [2.45, 2.75) is 13.8 Å². The lowest BCUT2D eigenvalue weighted by molar-refractivity contribution is 0.101. The van der Waals surface area contributed by atoms with Crippen LogP contribution in [-0.2, 0) is 0 Å². The van der Waals surface area contributed by atoms with Crippen LogP contribution in [0.5, 0.6) is 0 Å². The van der Waals surface area contributed by atoms with E-state index in [0.717, 1.165) is 0 Å². The van der Waals surface area contributed by atoms with Gasteiger partial charge in [0.05, 0.1) is 17.6 Å². The maximum Gasteiger partial charge on any atom is 0.330 e. The standard InChI is InChI=1S/C11H11N3O2/c1-7-10(8(2)15)13-11(16)14(7)9-4-3-5-12-6-9/h3-6H,1-2H3,(H,13,16). The van der Waals surface area contributed by atoms with Crippen molar-refractivity contribution >= 4 is 5.78 Å². The van der Waals surface area contributed by atoms with Gasteiger partial charge >= 0.3 is 5.69 Å². The van der Waals surface area contributed by atoms with Crippen LogP contribution in [0.15, 0.2) is 29.3 Å². The van der Waals surface area contributed by atoms with E-state index in [-0.39, 0.29) is 11.5 Å². The Morgan fingerprint density at radius 3 is 2.75 bits per heavy atom. The fourth-order valence-electron chi connectivity index (χ4n) is 1.66. The van der Waals surface area contributed by atoms with Gasteiger partial charge in [-0.3, -0.25) is 14.3 Å². The van der Waals surface area contributed by atoms with Crippen LogP contribution in [0.1, 0.15) is 23.1 Å². The number of aromatic nitrogens is 3. The number of ketones is 1. The molecule has 0 bridgehead atoms. The zero-order chi connectivity index (χ0) is 11.7. The Labute approximate surface area is 91.8 Å². The maximum absolute atomic E-state index is 11.7. The molecule has 82 valence electrons. The second-order valence-electron chi connectivity index (χ2n) is 3.49. The minimum atomic E-state index is -0.323. The molecule has 0 aliphatic heterocycles. The average Bonchev–Trinajstić information content (AvgIpc) is 2.56. The minimum Gasteiger partial charge on any atom is -0.303 e. The highest BCUT2D eigenvalue weighted by Crippen LogP contribution is 2.09. The molecule has 0 unspecified atom stereocenters. The van der Waals surface area contributed by atoms with E-state index in [1.54, 1.807) is 31.5 Å². The molecule has 0 aromatic carbocycles. The third-order valence-corrected chi connectivity index (χ3v) is 2.39. The molecule has 0 aliphatic rings. The predicted octanol–water partition coefficient (Wildman–Crippen LogP) is 1.07. The first kappa shape index (κ1) is 10.4. The molecule has 0 radical (unpaired) electrons. The lowest BCUT2D eigenvalue weighted by Crippen LogP contribution is -2.15. The second kappa shape index (κ2) is 3.77. The molecule has 0 saturated carbocycles. The van der Waals surface area contributed by atoms with Gasteiger partial charge in [0, 0.05) is 13.1 Å². The normalized spacial score (nSPS) is 10.4. The van der Waals surface area contributed by atoms with Gasteiger partial charge < -0.3 is 4.98 Å². The summed E-state index contributed by atoms with van der Waals surface area (Å²) >= 11 is 0. The average molecular weight is 217 g/mol. The maximum atomic E-state index is 11.7. The Morgan fingerprint density at radius 1 is 1.50 bits per heavy atom. The SMILES string of the molecule is CC(=O)c1[nH]c(=O)n(-c2cccnc2)c1C. The van der Waals surface area contributed by atoms with Crippen molar-refractivity contribution in [3.05, 3.63) is 46.4 Å². The zero-order valence-electron chi connectivity index (χ0n) is 9.02. The summed E-state index contributed by atoms with van der Waals surface area (Å²) in [6, 6.07) is 3.50. The first-order valence-corrected chi connectivity index (χ1v) is 4.84. The molecule has 16 heavy (non-hydrogen) atoms. The largest absolute Gasteiger partial charge is 0.330 e. The lowest BCUT2D eigenvalue weighted by Gasteiger charge is -2.02. The van der Waals surface area contributed by atoms with Gasteiger partial charge in [-0.1, -0.05) is 0 Å². The summed E-state index contributed by atoms with van der Waals surface area (Å²) in [4.78, 5) is 29.4. The molecule has 2 aromatic heterocycles. The number of H-pyrrole nitrogens is 1. The first-order valence-electron chi connectivity index (χ1n) is 4.84. The number of nitrogens with zero attached hydrogens (tertiary/aromatic N) is 2.